The van der Waals surface area contributed by atoms with Crippen LogP contribution in [0.2, 0.25) is 14.8 Å². The van der Waals surface area contributed by atoms with E-state index in [1.54, 1.807) is 11.1 Å². The molecular weight excluding hydrogens is 256 g/mol. The number of hydrogen-bond acceptors (Lipinski definition) is 0. The molecule has 0 fully saturated rings. The first-order valence-electron chi connectivity index (χ1n) is 6.99. The van der Waals surface area contributed by atoms with E-state index in [-0.39, 0.29) is 9.52 Å². The van der Waals surface area contributed by atoms with Crippen molar-refractivity contribution in [3.05, 3.63) is 22.8 Å². The Morgan fingerprint density at radius 3 is 2.59 bits per heavy atom. The van der Waals surface area contributed by atoms with Crippen molar-refractivity contribution in [1.82, 2.24) is 0 Å². The molecule has 0 aromatic heterocycles. The first kappa shape index (κ1) is 13.8. The molecule has 0 amide bonds. The van der Waals surface area contributed by atoms with Crippen LogP contribution in [0.1, 0.15) is 53.4 Å². The van der Waals surface area contributed by atoms with E-state index in [2.05, 4.69) is 54.2 Å². The van der Waals surface area contributed by atoms with Crippen LogP contribution in [0.3, 0.4) is 0 Å². The van der Waals surface area contributed by atoms with Crippen molar-refractivity contribution in [3.8, 4) is 0 Å². The molecule has 1 atom stereocenters. The third-order valence-electron chi connectivity index (χ3n) is 4.34. The molecule has 0 saturated carbocycles. The van der Waals surface area contributed by atoms with Gasteiger partial charge in [0.05, 0.1) is 0 Å². The molecule has 0 bridgehead atoms. The van der Waals surface area contributed by atoms with E-state index in [0.717, 1.165) is 0 Å². The van der Waals surface area contributed by atoms with Gasteiger partial charge in [0.25, 0.3) is 0 Å². The summed E-state index contributed by atoms with van der Waals surface area (Å²) in [4.78, 5) is 0. The van der Waals surface area contributed by atoms with E-state index in [4.69, 9.17) is 0 Å². The number of hydrogen-bond donors (Lipinski definition) is 0. The van der Waals surface area contributed by atoms with Crippen LogP contribution in [0.4, 0.5) is 0 Å². The second-order valence-corrected chi connectivity index (χ2v) is 11.5. The molecule has 93 valence electrons. The maximum absolute atomic E-state index is 2.52. The van der Waals surface area contributed by atoms with Crippen LogP contribution in [-0.2, 0) is 20.4 Å². The topological polar surface area (TPSA) is 0 Å². The van der Waals surface area contributed by atoms with Gasteiger partial charge < -0.3 is 0 Å². The zero-order valence-electron chi connectivity index (χ0n) is 11.8. The Morgan fingerprint density at radius 2 is 1.94 bits per heavy atom. The minimum atomic E-state index is 0.00936. The third-order valence-corrected chi connectivity index (χ3v) is 9.10. The molecule has 0 aromatic rings. The van der Waals surface area contributed by atoms with E-state index < -0.39 is 0 Å². The summed E-state index contributed by atoms with van der Waals surface area (Å²) >= 11 is 2.52. The van der Waals surface area contributed by atoms with E-state index in [0.29, 0.717) is 8.76 Å². The van der Waals surface area contributed by atoms with Gasteiger partial charge in [0, 0.05) is 0 Å². The van der Waals surface area contributed by atoms with Gasteiger partial charge in [-0.15, -0.1) is 0 Å². The van der Waals surface area contributed by atoms with Crippen LogP contribution in [0, 0.1) is 0 Å². The zero-order chi connectivity index (χ0) is 12.7. The molecule has 17 heavy (non-hydrogen) atoms. The molecule has 2 aliphatic rings. The van der Waals surface area contributed by atoms with Crippen molar-refractivity contribution in [2.45, 2.75) is 68.2 Å². The van der Waals surface area contributed by atoms with Crippen molar-refractivity contribution < 1.29 is 20.4 Å². The molecule has 2 aliphatic carbocycles. The summed E-state index contributed by atoms with van der Waals surface area (Å²) in [6.45, 7) is 9.64. The van der Waals surface area contributed by atoms with Gasteiger partial charge in [-0.3, -0.25) is 0 Å². The minimum absolute atomic E-state index is 0.00936. The average molecular weight is 281 g/mol. The monoisotopic (exact) mass is 281 g/mol. The van der Waals surface area contributed by atoms with Gasteiger partial charge in [0.1, 0.15) is 0 Å². The van der Waals surface area contributed by atoms with Gasteiger partial charge in [-0.25, -0.2) is 0 Å². The summed E-state index contributed by atoms with van der Waals surface area (Å²) < 4.78 is 0.454. The van der Waals surface area contributed by atoms with Crippen LogP contribution in [0.25, 0.3) is 0 Å². The molecule has 0 heterocycles. The van der Waals surface area contributed by atoms with Gasteiger partial charge in [-0.1, -0.05) is 0 Å². The van der Waals surface area contributed by atoms with Crippen LogP contribution < -0.4 is 0 Å². The second kappa shape index (κ2) is 4.83. The van der Waals surface area contributed by atoms with Crippen LogP contribution in [0.15, 0.2) is 22.8 Å². The fourth-order valence-corrected chi connectivity index (χ4v) is 6.07. The Bertz CT molecular complexity index is 373. The molecule has 0 radical (unpaired) electrons. The van der Waals surface area contributed by atoms with Crippen molar-refractivity contribution >= 4 is 9.52 Å². The van der Waals surface area contributed by atoms with Gasteiger partial charge in [0.2, 0.25) is 0 Å². The summed E-state index contributed by atoms with van der Waals surface area (Å²) in [6, 6.07) is 1.47. The van der Waals surface area contributed by atoms with E-state index in [1.165, 1.54) is 31.7 Å². The first-order valence-corrected chi connectivity index (χ1v) is 9.48. The normalized spacial score (nSPS) is 29.9. The molecule has 2 rings (SSSR count). The summed E-state index contributed by atoms with van der Waals surface area (Å²) in [5.74, 6) is 0. The SMILES string of the molecule is CC1=CC2=C(CCCC2)[C]1([Ti])C[SiH2]C(C)(C)C. The number of rotatable bonds is 2. The molecule has 0 aliphatic heterocycles. The van der Waals surface area contributed by atoms with Gasteiger partial charge >= 0.3 is 121 Å². The van der Waals surface area contributed by atoms with Crippen LogP contribution >= 0.6 is 0 Å². The molecular formula is C15H25SiTi. The van der Waals surface area contributed by atoms with E-state index >= 15 is 0 Å². The molecule has 2 heteroatoms. The fraction of sp³-hybridized carbons (Fsp3) is 0.733. The van der Waals surface area contributed by atoms with Crippen LogP contribution in [0.5, 0.6) is 0 Å². The summed E-state index contributed by atoms with van der Waals surface area (Å²) in [7, 11) is 0.00936. The first-order chi connectivity index (χ1) is 7.83. The van der Waals surface area contributed by atoms with Crippen molar-refractivity contribution in [1.29, 1.82) is 0 Å². The third kappa shape index (κ3) is 2.88. The average Bonchev–Trinajstić information content (AvgIpc) is 2.49. The van der Waals surface area contributed by atoms with E-state index in [1.807, 2.05) is 5.57 Å². The Balaban J connectivity index is 2.18. The Labute approximate surface area is 121 Å². The zero-order valence-corrected chi connectivity index (χ0v) is 14.8. The van der Waals surface area contributed by atoms with Crippen molar-refractivity contribution in [2.24, 2.45) is 0 Å². The number of allylic oxidation sites excluding steroid dienone is 4. The second-order valence-electron chi connectivity index (χ2n) is 7.00. The van der Waals surface area contributed by atoms with E-state index in [9.17, 15) is 0 Å². The van der Waals surface area contributed by atoms with Gasteiger partial charge in [-0.2, -0.15) is 0 Å². The fourth-order valence-electron chi connectivity index (χ4n) is 3.11. The standard InChI is InChI=1S/C15H25Si.Ti/c1-11-9-12-7-5-6-8-13(12)14(11)10-16-15(2,3)4;/h9H,5-8,10,16H2,1-4H3;. The maximum atomic E-state index is 2.52. The summed E-state index contributed by atoms with van der Waals surface area (Å²) in [5, 5.41) is 0.598. The molecule has 0 saturated heterocycles. The predicted molar refractivity (Wildman–Crippen MR) is 75.0 cm³/mol. The molecule has 0 N–H and O–H groups in total. The predicted octanol–water partition coefficient (Wildman–Crippen LogP) is 4.33. The quantitative estimate of drug-likeness (QED) is 0.661. The summed E-state index contributed by atoms with van der Waals surface area (Å²) in [6.07, 6.45) is 8.07. The van der Waals surface area contributed by atoms with Gasteiger partial charge in [-0.05, 0) is 0 Å². The Morgan fingerprint density at radius 1 is 1.29 bits per heavy atom. The van der Waals surface area contributed by atoms with Gasteiger partial charge in [0.15, 0.2) is 0 Å². The molecule has 0 nitrogen and oxygen atoms in total. The molecule has 1 unspecified atom stereocenters. The van der Waals surface area contributed by atoms with Crippen LogP contribution in [-0.4, -0.2) is 9.52 Å². The Kier molecular flexibility index (Phi) is 3.93. The Hall–Kier alpha value is 0.411. The van der Waals surface area contributed by atoms with Crippen molar-refractivity contribution in [2.75, 3.05) is 0 Å². The molecule has 0 spiro atoms. The van der Waals surface area contributed by atoms with Crippen molar-refractivity contribution in [3.63, 3.8) is 0 Å². The molecule has 0 aromatic carbocycles. The summed E-state index contributed by atoms with van der Waals surface area (Å²) in [5.41, 5.74) is 5.18.